The molecule has 106 valence electrons. The van der Waals surface area contributed by atoms with E-state index in [9.17, 15) is 17.6 Å². The summed E-state index contributed by atoms with van der Waals surface area (Å²) in [6, 6.07) is 2.74. The van der Waals surface area contributed by atoms with Crippen LogP contribution in [-0.2, 0) is 6.18 Å². The summed E-state index contributed by atoms with van der Waals surface area (Å²) in [5.41, 5.74) is -0.676. The molecule has 6 heteroatoms. The molecule has 0 bridgehead atoms. The summed E-state index contributed by atoms with van der Waals surface area (Å²) in [4.78, 5) is 1.81. The van der Waals surface area contributed by atoms with E-state index in [-0.39, 0.29) is 5.69 Å². The molecule has 1 saturated heterocycles. The molecule has 1 aliphatic rings. The number of anilines is 1. The first-order valence-corrected chi connectivity index (χ1v) is 7.21. The van der Waals surface area contributed by atoms with Crippen molar-refractivity contribution in [2.75, 3.05) is 23.3 Å². The van der Waals surface area contributed by atoms with Gasteiger partial charge in [0.1, 0.15) is 5.82 Å². The zero-order chi connectivity index (χ0) is 14.0. The molecule has 0 atom stereocenters. The van der Waals surface area contributed by atoms with E-state index in [0.29, 0.717) is 25.1 Å². The van der Waals surface area contributed by atoms with Gasteiger partial charge < -0.3 is 4.90 Å². The maximum Gasteiger partial charge on any atom is 0.416 e. The molecule has 0 aliphatic carbocycles. The van der Waals surface area contributed by atoms with Gasteiger partial charge in [-0.05, 0) is 37.0 Å². The number of hydrogen-bond donors (Lipinski definition) is 0. The number of halogens is 5. The number of benzene rings is 1. The highest BCUT2D eigenvalue weighted by Crippen LogP contribution is 2.33. The zero-order valence-corrected chi connectivity index (χ0v) is 11.8. The summed E-state index contributed by atoms with van der Waals surface area (Å²) >= 11 is 3.42. The molecule has 1 aromatic rings. The monoisotopic (exact) mass is 339 g/mol. The van der Waals surface area contributed by atoms with Crippen molar-refractivity contribution in [2.45, 2.75) is 19.0 Å². The highest BCUT2D eigenvalue weighted by atomic mass is 79.9. The van der Waals surface area contributed by atoms with E-state index in [0.717, 1.165) is 24.2 Å². The van der Waals surface area contributed by atoms with Crippen LogP contribution in [0.4, 0.5) is 23.2 Å². The molecule has 1 aliphatic heterocycles. The summed E-state index contributed by atoms with van der Waals surface area (Å²) in [7, 11) is 0. The van der Waals surface area contributed by atoms with Gasteiger partial charge in [0.25, 0.3) is 0 Å². The second-order valence-corrected chi connectivity index (χ2v) is 5.40. The molecule has 0 spiro atoms. The number of hydrogen-bond acceptors (Lipinski definition) is 1. The third-order valence-electron chi connectivity index (χ3n) is 3.45. The Bertz CT molecular complexity index is 439. The van der Waals surface area contributed by atoms with Crippen molar-refractivity contribution in [3.05, 3.63) is 29.6 Å². The van der Waals surface area contributed by atoms with Crippen LogP contribution in [0.25, 0.3) is 0 Å². The average molecular weight is 340 g/mol. The molecular weight excluding hydrogens is 326 g/mol. The van der Waals surface area contributed by atoms with Crippen LogP contribution < -0.4 is 4.90 Å². The Morgan fingerprint density at radius 1 is 1.21 bits per heavy atom. The largest absolute Gasteiger partial charge is 0.416 e. The lowest BCUT2D eigenvalue weighted by Crippen LogP contribution is -2.34. The van der Waals surface area contributed by atoms with Crippen molar-refractivity contribution in [3.8, 4) is 0 Å². The fourth-order valence-corrected chi connectivity index (χ4v) is 2.92. The highest BCUT2D eigenvalue weighted by molar-refractivity contribution is 9.09. The van der Waals surface area contributed by atoms with Gasteiger partial charge in [-0.3, -0.25) is 0 Å². The molecule has 0 amide bonds. The van der Waals surface area contributed by atoms with Crippen molar-refractivity contribution >= 4 is 21.6 Å². The van der Waals surface area contributed by atoms with Gasteiger partial charge in [-0.15, -0.1) is 0 Å². The second-order valence-electron chi connectivity index (χ2n) is 4.75. The molecule has 1 aromatic carbocycles. The fraction of sp³-hybridized carbons (Fsp3) is 0.538. The van der Waals surface area contributed by atoms with Crippen LogP contribution in [0.1, 0.15) is 18.4 Å². The lowest BCUT2D eigenvalue weighted by atomic mass is 9.98. The van der Waals surface area contributed by atoms with Gasteiger partial charge in [0.15, 0.2) is 0 Å². The molecule has 19 heavy (non-hydrogen) atoms. The minimum atomic E-state index is -4.50. The molecule has 0 N–H and O–H groups in total. The second kappa shape index (κ2) is 5.69. The number of piperidine rings is 1. The first kappa shape index (κ1) is 14.6. The lowest BCUT2D eigenvalue weighted by Gasteiger charge is -2.33. The minimum absolute atomic E-state index is 0.265. The Hall–Kier alpha value is -0.780. The molecule has 1 heterocycles. The van der Waals surface area contributed by atoms with Gasteiger partial charge in [0.05, 0.1) is 11.3 Å². The maximum absolute atomic E-state index is 13.8. The summed E-state index contributed by atoms with van der Waals surface area (Å²) in [6.45, 7) is 1.36. The van der Waals surface area contributed by atoms with Gasteiger partial charge in [-0.25, -0.2) is 4.39 Å². The van der Waals surface area contributed by atoms with E-state index >= 15 is 0 Å². The molecule has 0 radical (unpaired) electrons. The van der Waals surface area contributed by atoms with Crippen LogP contribution >= 0.6 is 15.9 Å². The Kier molecular flexibility index (Phi) is 4.38. The third kappa shape index (κ3) is 3.41. The zero-order valence-electron chi connectivity index (χ0n) is 10.2. The molecule has 1 fully saturated rings. The smallest absolute Gasteiger partial charge is 0.369 e. The summed E-state index contributed by atoms with van der Waals surface area (Å²) in [6.07, 6.45) is -2.65. The van der Waals surface area contributed by atoms with Crippen LogP contribution in [0.5, 0.6) is 0 Å². The highest BCUT2D eigenvalue weighted by Gasteiger charge is 2.31. The van der Waals surface area contributed by atoms with Crippen molar-refractivity contribution in [1.82, 2.24) is 0 Å². The molecule has 0 saturated carbocycles. The van der Waals surface area contributed by atoms with Gasteiger partial charge in [0.2, 0.25) is 0 Å². The van der Waals surface area contributed by atoms with Crippen molar-refractivity contribution in [2.24, 2.45) is 5.92 Å². The third-order valence-corrected chi connectivity index (χ3v) is 4.36. The van der Waals surface area contributed by atoms with E-state index in [4.69, 9.17) is 0 Å². The lowest BCUT2D eigenvalue weighted by molar-refractivity contribution is -0.137. The van der Waals surface area contributed by atoms with E-state index in [1.807, 2.05) is 4.90 Å². The minimum Gasteiger partial charge on any atom is -0.369 e. The predicted octanol–water partition coefficient (Wildman–Crippen LogP) is 4.46. The fourth-order valence-electron chi connectivity index (χ4n) is 2.27. The Morgan fingerprint density at radius 3 is 2.32 bits per heavy atom. The number of alkyl halides is 4. The van der Waals surface area contributed by atoms with Crippen molar-refractivity contribution in [3.63, 3.8) is 0 Å². The van der Waals surface area contributed by atoms with Gasteiger partial charge in [0, 0.05) is 18.4 Å². The summed E-state index contributed by atoms with van der Waals surface area (Å²) in [5.74, 6) is -0.235. The first-order chi connectivity index (χ1) is 8.91. The van der Waals surface area contributed by atoms with E-state index in [1.165, 1.54) is 6.07 Å². The summed E-state index contributed by atoms with van der Waals surface area (Å²) in [5, 5.41) is 0.913. The van der Waals surface area contributed by atoms with Crippen LogP contribution in [0.15, 0.2) is 18.2 Å². The Morgan fingerprint density at radius 2 is 1.84 bits per heavy atom. The molecule has 2 rings (SSSR count). The Labute approximate surface area is 117 Å². The molecule has 0 unspecified atom stereocenters. The molecular formula is C13H14BrF4N. The SMILES string of the molecule is Fc1cc(C(F)(F)F)ccc1N1CCC(CBr)CC1. The van der Waals surface area contributed by atoms with Crippen molar-refractivity contribution in [1.29, 1.82) is 0 Å². The van der Waals surface area contributed by atoms with E-state index < -0.39 is 17.6 Å². The van der Waals surface area contributed by atoms with Gasteiger partial charge in [-0.1, -0.05) is 15.9 Å². The first-order valence-electron chi connectivity index (χ1n) is 6.09. The van der Waals surface area contributed by atoms with Crippen molar-refractivity contribution < 1.29 is 17.6 Å². The number of nitrogens with zero attached hydrogens (tertiary/aromatic N) is 1. The average Bonchev–Trinajstić information content (AvgIpc) is 2.38. The number of rotatable bonds is 2. The van der Waals surface area contributed by atoms with Crippen LogP contribution in [0, 0.1) is 11.7 Å². The Balaban J connectivity index is 2.14. The van der Waals surface area contributed by atoms with Crippen LogP contribution in [-0.4, -0.2) is 18.4 Å². The van der Waals surface area contributed by atoms with E-state index in [1.54, 1.807) is 0 Å². The quantitative estimate of drug-likeness (QED) is 0.568. The normalized spacial score (nSPS) is 17.8. The van der Waals surface area contributed by atoms with Gasteiger partial charge >= 0.3 is 6.18 Å². The summed E-state index contributed by atoms with van der Waals surface area (Å²) < 4.78 is 51.2. The van der Waals surface area contributed by atoms with Crippen LogP contribution in [0.3, 0.4) is 0 Å². The standard InChI is InChI=1S/C13H14BrF4N/c14-8-9-3-5-19(6-4-9)12-2-1-10(7-11(12)15)13(16,17)18/h1-2,7,9H,3-6,8H2. The van der Waals surface area contributed by atoms with Crippen LogP contribution in [0.2, 0.25) is 0 Å². The predicted molar refractivity (Wildman–Crippen MR) is 70.1 cm³/mol. The molecule has 1 nitrogen and oxygen atoms in total. The maximum atomic E-state index is 13.8. The molecule has 0 aromatic heterocycles. The topological polar surface area (TPSA) is 3.24 Å². The van der Waals surface area contributed by atoms with Gasteiger partial charge in [-0.2, -0.15) is 13.2 Å². The van der Waals surface area contributed by atoms with E-state index in [2.05, 4.69) is 15.9 Å².